The van der Waals surface area contributed by atoms with Crippen molar-refractivity contribution in [1.82, 2.24) is 0 Å². The van der Waals surface area contributed by atoms with Crippen LogP contribution in [-0.2, 0) is 44.5 Å². The molecule has 0 aliphatic heterocycles. The normalized spacial score (nSPS) is 11.4. The van der Waals surface area contributed by atoms with Gasteiger partial charge in [-0.1, -0.05) is 65.8 Å². The number of unbranched alkanes of at least 4 members (excludes halogenated alkanes) is 3. The van der Waals surface area contributed by atoms with Crippen molar-refractivity contribution in [2.45, 2.75) is 32.3 Å². The van der Waals surface area contributed by atoms with E-state index in [1.807, 2.05) is 30.3 Å². The molecule has 0 bridgehead atoms. The van der Waals surface area contributed by atoms with Crippen LogP contribution in [0.25, 0.3) is 0 Å². The minimum absolute atomic E-state index is 0.541. The van der Waals surface area contributed by atoms with Gasteiger partial charge in [-0.2, -0.15) is 0 Å². The first kappa shape index (κ1) is 33.7. The summed E-state index contributed by atoms with van der Waals surface area (Å²) in [6.45, 7) is 9.36. The Hall–Kier alpha value is -0.370. The van der Waals surface area contributed by atoms with E-state index >= 15 is 0 Å². The van der Waals surface area contributed by atoms with Gasteiger partial charge in [-0.3, -0.25) is 0 Å². The molecule has 36 heavy (non-hydrogen) atoms. The summed E-state index contributed by atoms with van der Waals surface area (Å²) in [5, 5.41) is 0. The number of hydrogen-bond donors (Lipinski definition) is 0. The quantitative estimate of drug-likeness (QED) is 0.0741. The predicted octanol–water partition coefficient (Wildman–Crippen LogP) is 4.31. The monoisotopic (exact) mass is 626 g/mol. The molecule has 8 nitrogen and oxygen atoms in total. The molecule has 1 aromatic rings. The summed E-state index contributed by atoms with van der Waals surface area (Å²) < 4.78 is 45.2. The average Bonchev–Trinajstić information content (AvgIpc) is 2.91. The molecule has 0 aromatic heterocycles. The molecule has 0 spiro atoms. The van der Waals surface area contributed by atoms with Crippen LogP contribution in [0.3, 0.4) is 0 Å². The van der Waals surface area contributed by atoms with Crippen LogP contribution in [0.1, 0.15) is 31.2 Å². The Morgan fingerprint density at radius 1 is 0.389 bits per heavy atom. The van der Waals surface area contributed by atoms with Crippen LogP contribution < -0.4 is 0 Å². The number of ether oxygens (including phenoxy) is 8. The second-order valence-electron chi connectivity index (χ2n) is 7.93. The molecule has 0 heterocycles. The minimum Gasteiger partial charge on any atom is -0.379 e. The highest BCUT2D eigenvalue weighted by molar-refractivity contribution is 14.1. The molecule has 1 aromatic carbocycles. The topological polar surface area (TPSA) is 73.8 Å². The van der Waals surface area contributed by atoms with Gasteiger partial charge < -0.3 is 37.9 Å². The molecule has 0 unspecified atom stereocenters. The third-order valence-corrected chi connectivity index (χ3v) is 5.65. The van der Waals surface area contributed by atoms with Gasteiger partial charge in [-0.05, 0) is 22.8 Å². The van der Waals surface area contributed by atoms with E-state index in [2.05, 4.69) is 22.6 Å². The SMILES string of the molecule is ICCCCCCOCCOCCOCCOCCOCCOCCOCCOCc1ccccc1. The largest absolute Gasteiger partial charge is 0.379 e. The molecule has 0 amide bonds. The molecular weight excluding hydrogens is 579 g/mol. The Morgan fingerprint density at radius 2 is 0.750 bits per heavy atom. The molecule has 0 fully saturated rings. The van der Waals surface area contributed by atoms with Gasteiger partial charge in [0, 0.05) is 6.61 Å². The summed E-state index contributed by atoms with van der Waals surface area (Å²) in [5.41, 5.74) is 1.17. The zero-order chi connectivity index (χ0) is 25.6. The van der Waals surface area contributed by atoms with Gasteiger partial charge in [0.1, 0.15) is 0 Å². The molecule has 0 saturated carbocycles. The first-order chi connectivity index (χ1) is 17.9. The second-order valence-corrected chi connectivity index (χ2v) is 9.01. The zero-order valence-corrected chi connectivity index (χ0v) is 24.0. The highest BCUT2D eigenvalue weighted by Crippen LogP contribution is 2.02. The van der Waals surface area contributed by atoms with E-state index in [0.29, 0.717) is 99.1 Å². The summed E-state index contributed by atoms with van der Waals surface area (Å²) in [7, 11) is 0. The summed E-state index contributed by atoms with van der Waals surface area (Å²) >= 11 is 2.42. The van der Waals surface area contributed by atoms with Gasteiger partial charge in [0.15, 0.2) is 0 Å². The Bertz CT molecular complexity index is 538. The van der Waals surface area contributed by atoms with Crippen molar-refractivity contribution >= 4 is 22.6 Å². The number of alkyl halides is 1. The molecule has 1 rings (SSSR count). The average molecular weight is 627 g/mol. The predicted molar refractivity (Wildman–Crippen MR) is 149 cm³/mol. The summed E-state index contributed by atoms with van der Waals surface area (Å²) in [4.78, 5) is 0. The van der Waals surface area contributed by atoms with Crippen LogP contribution in [0.4, 0.5) is 0 Å². The van der Waals surface area contributed by atoms with Gasteiger partial charge in [0.05, 0.1) is 99.1 Å². The Morgan fingerprint density at radius 3 is 1.17 bits per heavy atom. The van der Waals surface area contributed by atoms with E-state index in [-0.39, 0.29) is 0 Å². The number of hydrogen-bond acceptors (Lipinski definition) is 8. The molecule has 0 N–H and O–H groups in total. The maximum absolute atomic E-state index is 5.56. The van der Waals surface area contributed by atoms with Gasteiger partial charge in [-0.25, -0.2) is 0 Å². The number of halogens is 1. The van der Waals surface area contributed by atoms with Crippen molar-refractivity contribution < 1.29 is 37.9 Å². The molecule has 0 saturated heterocycles. The smallest absolute Gasteiger partial charge is 0.0718 e. The summed E-state index contributed by atoms with van der Waals surface area (Å²) in [6.07, 6.45) is 5.00. The van der Waals surface area contributed by atoms with Gasteiger partial charge in [0.2, 0.25) is 0 Å². The second kappa shape index (κ2) is 29.2. The zero-order valence-electron chi connectivity index (χ0n) is 21.9. The molecule has 210 valence electrons. The first-order valence-electron chi connectivity index (χ1n) is 13.2. The fourth-order valence-corrected chi connectivity index (χ4v) is 3.50. The van der Waals surface area contributed by atoms with Gasteiger partial charge >= 0.3 is 0 Å². The van der Waals surface area contributed by atoms with Gasteiger partial charge in [0.25, 0.3) is 0 Å². The lowest BCUT2D eigenvalue weighted by Crippen LogP contribution is -2.15. The lowest BCUT2D eigenvalue weighted by molar-refractivity contribution is -0.0236. The summed E-state index contributed by atoms with van der Waals surface area (Å²) in [6, 6.07) is 10.1. The molecule has 0 atom stereocenters. The Kier molecular flexibility index (Phi) is 27.3. The van der Waals surface area contributed by atoms with E-state index in [4.69, 9.17) is 37.9 Å². The first-order valence-corrected chi connectivity index (χ1v) is 14.7. The number of benzene rings is 1. The van der Waals surface area contributed by atoms with E-state index in [0.717, 1.165) is 13.0 Å². The summed E-state index contributed by atoms with van der Waals surface area (Å²) in [5.74, 6) is 0. The minimum atomic E-state index is 0.541. The maximum atomic E-state index is 5.56. The lowest BCUT2D eigenvalue weighted by atomic mass is 10.2. The van der Waals surface area contributed by atoms with Crippen molar-refractivity contribution in [3.63, 3.8) is 0 Å². The van der Waals surface area contributed by atoms with Crippen molar-refractivity contribution in [3.05, 3.63) is 35.9 Å². The van der Waals surface area contributed by atoms with Crippen molar-refractivity contribution in [2.75, 3.05) is 104 Å². The van der Waals surface area contributed by atoms with Gasteiger partial charge in [-0.15, -0.1) is 0 Å². The van der Waals surface area contributed by atoms with Crippen molar-refractivity contribution in [3.8, 4) is 0 Å². The highest BCUT2D eigenvalue weighted by Gasteiger charge is 1.96. The van der Waals surface area contributed by atoms with Crippen LogP contribution in [-0.4, -0.2) is 104 Å². The molecule has 0 radical (unpaired) electrons. The highest BCUT2D eigenvalue weighted by atomic mass is 127. The Labute approximate surface area is 231 Å². The third kappa shape index (κ3) is 25.3. The maximum Gasteiger partial charge on any atom is 0.0718 e. The van der Waals surface area contributed by atoms with E-state index < -0.39 is 0 Å². The van der Waals surface area contributed by atoms with Crippen molar-refractivity contribution in [1.29, 1.82) is 0 Å². The van der Waals surface area contributed by atoms with E-state index in [1.54, 1.807) is 0 Å². The van der Waals surface area contributed by atoms with Crippen LogP contribution >= 0.6 is 22.6 Å². The van der Waals surface area contributed by atoms with E-state index in [9.17, 15) is 0 Å². The Balaban J connectivity index is 1.63. The van der Waals surface area contributed by atoms with E-state index in [1.165, 1.54) is 29.3 Å². The van der Waals surface area contributed by atoms with Crippen LogP contribution in [0, 0.1) is 0 Å². The number of rotatable bonds is 29. The fourth-order valence-electron chi connectivity index (χ4n) is 2.96. The fraction of sp³-hybridized carbons (Fsp3) is 0.778. The van der Waals surface area contributed by atoms with Crippen LogP contribution in [0.5, 0.6) is 0 Å². The van der Waals surface area contributed by atoms with Crippen LogP contribution in [0.2, 0.25) is 0 Å². The van der Waals surface area contributed by atoms with Crippen molar-refractivity contribution in [2.24, 2.45) is 0 Å². The standard InChI is InChI=1S/C27H47IO8/c28-10-6-1-2-7-11-29-12-13-30-14-15-31-16-17-32-18-19-33-20-21-34-22-23-35-24-25-36-26-27-8-4-3-5-9-27/h3-5,8-9H,1-2,6-7,10-26H2. The molecule has 0 aliphatic rings. The molecular formula is C27H47IO8. The molecule has 0 aliphatic carbocycles. The lowest BCUT2D eigenvalue weighted by Gasteiger charge is -2.09. The van der Waals surface area contributed by atoms with Crippen LogP contribution in [0.15, 0.2) is 30.3 Å². The molecule has 9 heteroatoms. The third-order valence-electron chi connectivity index (χ3n) is 4.89.